The minimum Gasteiger partial charge on any atom is -0.103 e. The van der Waals surface area contributed by atoms with Gasteiger partial charge in [-0.15, -0.1) is 13.2 Å². The monoisotopic (exact) mass is 290 g/mol. The molecule has 0 atom stereocenters. The molecule has 1 aliphatic carbocycles. The quantitative estimate of drug-likeness (QED) is 0.475. The molecule has 0 nitrogen and oxygen atoms in total. The van der Waals surface area contributed by atoms with Gasteiger partial charge in [0.1, 0.15) is 0 Å². The summed E-state index contributed by atoms with van der Waals surface area (Å²) >= 11 is 0. The Morgan fingerprint density at radius 1 is 0.952 bits per heavy atom. The molecular weight excluding hydrogens is 268 g/mol. The second kappa shape index (κ2) is 6.27. The van der Waals surface area contributed by atoms with E-state index < -0.39 is 0 Å². The highest BCUT2D eigenvalue weighted by atomic mass is 28.2. The van der Waals surface area contributed by atoms with E-state index in [9.17, 15) is 0 Å². The maximum Gasteiger partial charge on any atom is 0.0588 e. The Hall–Kier alpha value is -1.86. The highest BCUT2D eigenvalue weighted by Crippen LogP contribution is 2.35. The van der Waals surface area contributed by atoms with Crippen LogP contribution in [0.1, 0.15) is 24.0 Å². The SMILES string of the molecule is C=CCC(CC=C)[SiH2]c1cccc2c1Cc1ccccc1-2. The minimum atomic E-state index is -0.298. The number of benzene rings is 2. The highest BCUT2D eigenvalue weighted by Gasteiger charge is 2.21. The van der Waals surface area contributed by atoms with Crippen LogP contribution in [0.3, 0.4) is 0 Å². The largest absolute Gasteiger partial charge is 0.103 e. The van der Waals surface area contributed by atoms with Gasteiger partial charge in [0.2, 0.25) is 0 Å². The van der Waals surface area contributed by atoms with E-state index in [0.717, 1.165) is 24.8 Å². The van der Waals surface area contributed by atoms with Crippen molar-refractivity contribution in [1.82, 2.24) is 0 Å². The van der Waals surface area contributed by atoms with Crippen molar-refractivity contribution in [2.24, 2.45) is 0 Å². The summed E-state index contributed by atoms with van der Waals surface area (Å²) in [6.07, 6.45) is 7.49. The van der Waals surface area contributed by atoms with E-state index in [1.807, 2.05) is 0 Å². The third-order valence-corrected chi connectivity index (χ3v) is 6.80. The molecule has 0 saturated carbocycles. The average molecular weight is 290 g/mol. The van der Waals surface area contributed by atoms with Crippen molar-refractivity contribution in [1.29, 1.82) is 0 Å². The molecule has 3 rings (SSSR count). The standard InChI is InChI=1S/C20H22Si/c1-3-8-16(9-4-2)21-20-13-7-12-18-17-11-6-5-10-15(17)14-19(18)20/h3-7,10-13,16H,1-2,8-9,14,21H2. The second-order valence-electron chi connectivity index (χ2n) is 5.90. The van der Waals surface area contributed by atoms with Crippen LogP contribution < -0.4 is 5.19 Å². The summed E-state index contributed by atoms with van der Waals surface area (Å²) in [6, 6.07) is 15.7. The first-order valence-electron chi connectivity index (χ1n) is 7.74. The number of allylic oxidation sites excluding steroid dienone is 2. The Morgan fingerprint density at radius 2 is 1.67 bits per heavy atom. The molecule has 0 N–H and O–H groups in total. The predicted molar refractivity (Wildman–Crippen MR) is 96.2 cm³/mol. The van der Waals surface area contributed by atoms with E-state index in [0.29, 0.717) is 0 Å². The van der Waals surface area contributed by atoms with Gasteiger partial charge in [0.05, 0.1) is 9.52 Å². The fourth-order valence-electron chi connectivity index (χ4n) is 3.46. The molecule has 0 fully saturated rings. The molecule has 106 valence electrons. The summed E-state index contributed by atoms with van der Waals surface area (Å²) in [4.78, 5) is 0. The first kappa shape index (κ1) is 14.1. The molecule has 0 amide bonds. The van der Waals surface area contributed by atoms with E-state index in [1.54, 1.807) is 10.8 Å². The van der Waals surface area contributed by atoms with Crippen molar-refractivity contribution >= 4 is 14.7 Å². The van der Waals surface area contributed by atoms with Gasteiger partial charge in [-0.2, -0.15) is 0 Å². The van der Waals surface area contributed by atoms with E-state index >= 15 is 0 Å². The lowest BCUT2D eigenvalue weighted by molar-refractivity contribution is 0.858. The van der Waals surface area contributed by atoms with Crippen molar-refractivity contribution < 1.29 is 0 Å². The molecule has 1 heteroatoms. The van der Waals surface area contributed by atoms with Gasteiger partial charge < -0.3 is 0 Å². The molecule has 1 aliphatic rings. The topological polar surface area (TPSA) is 0 Å². The summed E-state index contributed by atoms with van der Waals surface area (Å²) < 4.78 is 0. The first-order valence-corrected chi connectivity index (χ1v) is 9.26. The summed E-state index contributed by atoms with van der Waals surface area (Å²) in [7, 11) is -0.298. The Morgan fingerprint density at radius 3 is 2.43 bits per heavy atom. The molecule has 2 aromatic carbocycles. The van der Waals surface area contributed by atoms with Crippen molar-refractivity contribution in [3.63, 3.8) is 0 Å². The van der Waals surface area contributed by atoms with Crippen molar-refractivity contribution in [2.45, 2.75) is 24.8 Å². The number of rotatable bonds is 6. The van der Waals surface area contributed by atoms with E-state index in [1.165, 1.54) is 16.7 Å². The summed E-state index contributed by atoms with van der Waals surface area (Å²) in [5.41, 5.74) is 6.73. The van der Waals surface area contributed by atoms with E-state index in [-0.39, 0.29) is 9.52 Å². The lowest BCUT2D eigenvalue weighted by Crippen LogP contribution is -2.23. The van der Waals surface area contributed by atoms with Gasteiger partial charge in [0.15, 0.2) is 0 Å². The minimum absolute atomic E-state index is 0.298. The Bertz CT molecular complexity index is 659. The molecule has 0 unspecified atom stereocenters. The molecule has 0 aromatic heterocycles. The molecule has 21 heavy (non-hydrogen) atoms. The number of hydrogen-bond acceptors (Lipinski definition) is 0. The second-order valence-corrected chi connectivity index (χ2v) is 8.22. The zero-order valence-corrected chi connectivity index (χ0v) is 13.9. The fraction of sp³-hybridized carbons (Fsp3) is 0.200. The fourth-order valence-corrected chi connectivity index (χ4v) is 5.72. The van der Waals surface area contributed by atoms with Crippen LogP contribution in [0, 0.1) is 0 Å². The van der Waals surface area contributed by atoms with Gasteiger partial charge in [0, 0.05) is 0 Å². The van der Waals surface area contributed by atoms with Gasteiger partial charge in [0.25, 0.3) is 0 Å². The molecular formula is C20H22Si. The third-order valence-electron chi connectivity index (χ3n) is 4.46. The average Bonchev–Trinajstić information content (AvgIpc) is 2.88. The zero-order valence-electron chi connectivity index (χ0n) is 12.5. The normalized spacial score (nSPS) is 12.6. The van der Waals surface area contributed by atoms with Crippen LogP contribution in [0.25, 0.3) is 11.1 Å². The van der Waals surface area contributed by atoms with Gasteiger partial charge in [-0.1, -0.05) is 59.8 Å². The van der Waals surface area contributed by atoms with Crippen LogP contribution in [0.2, 0.25) is 5.54 Å². The maximum absolute atomic E-state index is 3.92. The predicted octanol–water partition coefficient (Wildman–Crippen LogP) is 3.99. The van der Waals surface area contributed by atoms with E-state index in [4.69, 9.17) is 0 Å². The van der Waals surface area contributed by atoms with Crippen molar-refractivity contribution in [3.05, 3.63) is 78.9 Å². The van der Waals surface area contributed by atoms with Crippen LogP contribution in [0.4, 0.5) is 0 Å². The van der Waals surface area contributed by atoms with Crippen molar-refractivity contribution in [3.8, 4) is 11.1 Å². The third kappa shape index (κ3) is 2.79. The molecule has 0 heterocycles. The molecule has 0 bridgehead atoms. The summed E-state index contributed by atoms with van der Waals surface area (Å²) in [6.45, 7) is 7.83. The van der Waals surface area contributed by atoms with Gasteiger partial charge in [-0.25, -0.2) is 0 Å². The van der Waals surface area contributed by atoms with Crippen LogP contribution in [0.5, 0.6) is 0 Å². The van der Waals surface area contributed by atoms with Crippen LogP contribution in [-0.4, -0.2) is 9.52 Å². The number of fused-ring (bicyclic) bond motifs is 3. The van der Waals surface area contributed by atoms with Crippen LogP contribution in [0.15, 0.2) is 67.8 Å². The van der Waals surface area contributed by atoms with Crippen molar-refractivity contribution in [2.75, 3.05) is 0 Å². The van der Waals surface area contributed by atoms with Gasteiger partial charge in [-0.05, 0) is 47.1 Å². The molecule has 0 spiro atoms. The lowest BCUT2D eigenvalue weighted by Gasteiger charge is -2.15. The van der Waals surface area contributed by atoms with Gasteiger partial charge in [-0.3, -0.25) is 0 Å². The molecule has 0 saturated heterocycles. The summed E-state index contributed by atoms with van der Waals surface area (Å²) in [5, 5.41) is 1.64. The smallest absolute Gasteiger partial charge is 0.0588 e. The maximum atomic E-state index is 3.92. The molecule has 2 aromatic rings. The zero-order chi connectivity index (χ0) is 14.7. The Labute approximate surface area is 130 Å². The first-order chi connectivity index (χ1) is 10.3. The lowest BCUT2D eigenvalue weighted by atomic mass is 10.1. The van der Waals surface area contributed by atoms with Gasteiger partial charge >= 0.3 is 0 Å². The highest BCUT2D eigenvalue weighted by molar-refractivity contribution is 6.56. The van der Waals surface area contributed by atoms with Crippen LogP contribution >= 0.6 is 0 Å². The Balaban J connectivity index is 1.92. The van der Waals surface area contributed by atoms with Crippen LogP contribution in [-0.2, 0) is 6.42 Å². The number of hydrogen-bond donors (Lipinski definition) is 0. The Kier molecular flexibility index (Phi) is 4.21. The summed E-state index contributed by atoms with van der Waals surface area (Å²) in [5.74, 6) is 0. The molecule has 0 radical (unpaired) electrons. The van der Waals surface area contributed by atoms with E-state index in [2.05, 4.69) is 67.8 Å². The molecule has 0 aliphatic heterocycles.